The van der Waals surface area contributed by atoms with Gasteiger partial charge in [0.05, 0.1) is 17.1 Å². The molecule has 0 aliphatic carbocycles. The molecule has 0 atom stereocenters. The molecule has 1 amide bonds. The number of hydrogen-bond donors (Lipinski definition) is 1. The fourth-order valence-corrected chi connectivity index (χ4v) is 5.14. The second kappa shape index (κ2) is 9.85. The predicted molar refractivity (Wildman–Crippen MR) is 132 cm³/mol. The summed E-state index contributed by atoms with van der Waals surface area (Å²) in [7, 11) is 0. The van der Waals surface area contributed by atoms with Gasteiger partial charge in [-0.15, -0.1) is 21.5 Å². The van der Waals surface area contributed by atoms with E-state index >= 15 is 0 Å². The van der Waals surface area contributed by atoms with Crippen molar-refractivity contribution in [3.8, 4) is 11.4 Å². The van der Waals surface area contributed by atoms with Crippen molar-refractivity contribution in [3.05, 3.63) is 81.0 Å². The first-order valence-corrected chi connectivity index (χ1v) is 12.4. The molecule has 0 spiro atoms. The van der Waals surface area contributed by atoms with E-state index in [1.54, 1.807) is 11.3 Å². The number of thiazole rings is 1. The number of amides is 1. The van der Waals surface area contributed by atoms with E-state index in [4.69, 9.17) is 11.6 Å². The second-order valence-electron chi connectivity index (χ2n) is 8.24. The molecule has 1 aliphatic heterocycles. The Morgan fingerprint density at radius 3 is 2.82 bits per heavy atom. The van der Waals surface area contributed by atoms with Crippen molar-refractivity contribution in [2.45, 2.75) is 45.1 Å². The molecule has 0 unspecified atom stereocenters. The largest absolute Gasteiger partial charge is 0.326 e. The number of fused-ring (bicyclic) bond motifs is 1. The SMILES string of the molecule is O=C(Cc1csc(Cc2cccc(Cl)c2)n1)Nc1ccc(-c2nnc3n2CCCCC3)cc1. The first kappa shape index (κ1) is 21.8. The van der Waals surface area contributed by atoms with Gasteiger partial charge in [0, 0.05) is 41.0 Å². The van der Waals surface area contributed by atoms with E-state index in [9.17, 15) is 4.79 Å². The van der Waals surface area contributed by atoms with E-state index < -0.39 is 0 Å². The molecule has 0 saturated carbocycles. The third-order valence-corrected chi connectivity index (χ3v) is 6.85. The molecule has 0 saturated heterocycles. The number of anilines is 1. The van der Waals surface area contributed by atoms with Gasteiger partial charge in [0.25, 0.3) is 0 Å². The molecule has 168 valence electrons. The Labute approximate surface area is 201 Å². The van der Waals surface area contributed by atoms with Crippen molar-refractivity contribution in [2.75, 3.05) is 5.32 Å². The van der Waals surface area contributed by atoms with Crippen LogP contribution in [0.25, 0.3) is 11.4 Å². The third-order valence-electron chi connectivity index (χ3n) is 5.72. The number of nitrogens with zero attached hydrogens (tertiary/aromatic N) is 4. The number of benzene rings is 2. The number of carbonyl (C=O) groups excluding carboxylic acids is 1. The smallest absolute Gasteiger partial charge is 0.230 e. The first-order chi connectivity index (χ1) is 16.1. The predicted octanol–water partition coefficient (Wildman–Crippen LogP) is 5.55. The van der Waals surface area contributed by atoms with Gasteiger partial charge >= 0.3 is 0 Å². The van der Waals surface area contributed by atoms with Crippen molar-refractivity contribution in [1.29, 1.82) is 0 Å². The van der Waals surface area contributed by atoms with Gasteiger partial charge < -0.3 is 9.88 Å². The summed E-state index contributed by atoms with van der Waals surface area (Å²) in [5.74, 6) is 1.89. The van der Waals surface area contributed by atoms with Crippen molar-refractivity contribution >= 4 is 34.5 Å². The standard InChI is InChI=1S/C25H24ClN5OS/c26-19-6-4-5-17(13-19)14-24-28-21(16-33-24)15-23(32)27-20-10-8-18(9-11-20)25-30-29-22-7-2-1-3-12-31(22)25/h4-6,8-11,13,16H,1-3,7,12,14-15H2,(H,27,32). The highest BCUT2D eigenvalue weighted by Gasteiger charge is 2.16. The van der Waals surface area contributed by atoms with Crippen LogP contribution in [0.15, 0.2) is 53.9 Å². The monoisotopic (exact) mass is 477 g/mol. The van der Waals surface area contributed by atoms with E-state index in [0.29, 0.717) is 11.4 Å². The highest BCUT2D eigenvalue weighted by molar-refractivity contribution is 7.09. The highest BCUT2D eigenvalue weighted by atomic mass is 35.5. The topological polar surface area (TPSA) is 72.7 Å². The zero-order chi connectivity index (χ0) is 22.6. The van der Waals surface area contributed by atoms with Gasteiger partial charge in [0.1, 0.15) is 5.82 Å². The Kier molecular flexibility index (Phi) is 6.51. The van der Waals surface area contributed by atoms with Crippen LogP contribution in [0, 0.1) is 0 Å². The van der Waals surface area contributed by atoms with Crippen molar-refractivity contribution in [2.24, 2.45) is 0 Å². The summed E-state index contributed by atoms with van der Waals surface area (Å²) in [4.78, 5) is 17.2. The number of aromatic nitrogens is 4. The van der Waals surface area contributed by atoms with Crippen LogP contribution in [0.3, 0.4) is 0 Å². The molecule has 2 aromatic carbocycles. The Morgan fingerprint density at radius 2 is 1.97 bits per heavy atom. The van der Waals surface area contributed by atoms with Crippen molar-refractivity contribution in [1.82, 2.24) is 19.7 Å². The summed E-state index contributed by atoms with van der Waals surface area (Å²) in [6.45, 7) is 0.961. The molecular weight excluding hydrogens is 454 g/mol. The highest BCUT2D eigenvalue weighted by Crippen LogP contribution is 2.24. The lowest BCUT2D eigenvalue weighted by Crippen LogP contribution is -2.14. The van der Waals surface area contributed by atoms with Crippen LogP contribution >= 0.6 is 22.9 Å². The average Bonchev–Trinajstić information content (AvgIpc) is 3.33. The third kappa shape index (κ3) is 5.31. The molecule has 3 heterocycles. The van der Waals surface area contributed by atoms with Crippen LogP contribution in [0.4, 0.5) is 5.69 Å². The lowest BCUT2D eigenvalue weighted by atomic mass is 10.1. The van der Waals surface area contributed by atoms with Gasteiger partial charge in [-0.05, 0) is 54.8 Å². The maximum Gasteiger partial charge on any atom is 0.230 e. The summed E-state index contributed by atoms with van der Waals surface area (Å²) in [6.07, 6.45) is 5.49. The summed E-state index contributed by atoms with van der Waals surface area (Å²) in [5.41, 5.74) is 3.65. The molecule has 5 rings (SSSR count). The molecular formula is C25H24ClN5OS. The van der Waals surface area contributed by atoms with E-state index in [2.05, 4.69) is 25.1 Å². The quantitative estimate of drug-likeness (QED) is 0.395. The van der Waals surface area contributed by atoms with Crippen LogP contribution in [0.1, 0.15) is 41.4 Å². The zero-order valence-electron chi connectivity index (χ0n) is 18.1. The molecule has 33 heavy (non-hydrogen) atoms. The maximum absolute atomic E-state index is 12.5. The molecule has 0 radical (unpaired) electrons. The maximum atomic E-state index is 12.5. The summed E-state index contributed by atoms with van der Waals surface area (Å²) in [6, 6.07) is 15.6. The van der Waals surface area contributed by atoms with Gasteiger partial charge in [0.15, 0.2) is 5.82 Å². The lowest BCUT2D eigenvalue weighted by Gasteiger charge is -2.08. The molecule has 1 aliphatic rings. The minimum absolute atomic E-state index is 0.0845. The number of halogens is 1. The van der Waals surface area contributed by atoms with E-state index in [-0.39, 0.29) is 12.3 Å². The second-order valence-corrected chi connectivity index (χ2v) is 9.62. The summed E-state index contributed by atoms with van der Waals surface area (Å²) >= 11 is 7.62. The van der Waals surface area contributed by atoms with E-state index in [1.807, 2.05) is 53.9 Å². The number of aryl methyl sites for hydroxylation is 1. The summed E-state index contributed by atoms with van der Waals surface area (Å²) < 4.78 is 2.23. The fraction of sp³-hybridized carbons (Fsp3) is 0.280. The van der Waals surface area contributed by atoms with Crippen molar-refractivity contribution < 1.29 is 4.79 Å². The molecule has 0 bridgehead atoms. The van der Waals surface area contributed by atoms with E-state index in [1.165, 1.54) is 12.8 Å². The van der Waals surface area contributed by atoms with Gasteiger partial charge in [-0.2, -0.15) is 0 Å². The minimum atomic E-state index is -0.0845. The molecule has 6 nitrogen and oxygen atoms in total. The molecule has 1 N–H and O–H groups in total. The van der Waals surface area contributed by atoms with Crippen molar-refractivity contribution in [3.63, 3.8) is 0 Å². The lowest BCUT2D eigenvalue weighted by molar-refractivity contribution is -0.115. The number of hydrogen-bond acceptors (Lipinski definition) is 5. The normalized spacial score (nSPS) is 13.4. The van der Waals surface area contributed by atoms with E-state index in [0.717, 1.165) is 58.6 Å². The van der Waals surface area contributed by atoms with Crippen LogP contribution in [-0.4, -0.2) is 25.7 Å². The number of nitrogens with one attached hydrogen (secondary N) is 1. The average molecular weight is 478 g/mol. The molecule has 4 aromatic rings. The fourth-order valence-electron chi connectivity index (χ4n) is 4.10. The molecule has 8 heteroatoms. The van der Waals surface area contributed by atoms with Gasteiger partial charge in [-0.25, -0.2) is 4.98 Å². The first-order valence-electron chi connectivity index (χ1n) is 11.1. The van der Waals surface area contributed by atoms with Crippen LogP contribution < -0.4 is 5.32 Å². The number of carbonyl (C=O) groups is 1. The van der Waals surface area contributed by atoms with Crippen LogP contribution in [0.2, 0.25) is 5.02 Å². The van der Waals surface area contributed by atoms with Crippen LogP contribution in [0.5, 0.6) is 0 Å². The van der Waals surface area contributed by atoms with Gasteiger partial charge in [-0.1, -0.05) is 30.2 Å². The Hall–Kier alpha value is -3.03. The Balaban J connectivity index is 1.20. The Bertz CT molecular complexity index is 1260. The summed E-state index contributed by atoms with van der Waals surface area (Å²) in [5, 5.41) is 15.4. The van der Waals surface area contributed by atoms with Crippen LogP contribution in [-0.2, 0) is 30.6 Å². The minimum Gasteiger partial charge on any atom is -0.326 e. The Morgan fingerprint density at radius 1 is 1.09 bits per heavy atom. The number of rotatable bonds is 6. The molecule has 0 fully saturated rings. The zero-order valence-corrected chi connectivity index (χ0v) is 19.7. The van der Waals surface area contributed by atoms with Gasteiger partial charge in [0.2, 0.25) is 5.91 Å². The van der Waals surface area contributed by atoms with Gasteiger partial charge in [-0.3, -0.25) is 4.79 Å². The molecule has 2 aromatic heterocycles.